The summed E-state index contributed by atoms with van der Waals surface area (Å²) in [5.41, 5.74) is 0. The standard InChI is InChI=1S/C14H25N3O2/c1-5-7-17-8-6-15-13(17)10-16-12(9-11(2)3)14(18)19-4/h6,8,11-12,16H,5,7,9-10H2,1-4H3. The van der Waals surface area contributed by atoms with Crippen molar-refractivity contribution >= 4 is 5.97 Å². The number of rotatable bonds is 8. The highest BCUT2D eigenvalue weighted by atomic mass is 16.5. The van der Waals surface area contributed by atoms with Crippen LogP contribution < -0.4 is 5.32 Å². The fraction of sp³-hybridized carbons (Fsp3) is 0.714. The lowest BCUT2D eigenvalue weighted by molar-refractivity contribution is -0.143. The zero-order chi connectivity index (χ0) is 14.3. The molecule has 1 unspecified atom stereocenters. The van der Waals surface area contributed by atoms with Gasteiger partial charge in [0, 0.05) is 18.9 Å². The molecule has 0 aromatic carbocycles. The van der Waals surface area contributed by atoms with Gasteiger partial charge >= 0.3 is 5.97 Å². The molecular formula is C14H25N3O2. The Balaban J connectivity index is 2.59. The third-order valence-corrected chi connectivity index (χ3v) is 2.97. The largest absolute Gasteiger partial charge is 0.468 e. The zero-order valence-electron chi connectivity index (χ0n) is 12.3. The van der Waals surface area contributed by atoms with Crippen LogP contribution in [0.15, 0.2) is 12.4 Å². The first kappa shape index (κ1) is 15.7. The van der Waals surface area contributed by atoms with E-state index >= 15 is 0 Å². The maximum absolute atomic E-state index is 11.7. The Morgan fingerprint density at radius 2 is 2.26 bits per heavy atom. The van der Waals surface area contributed by atoms with E-state index in [1.165, 1.54) is 7.11 Å². The van der Waals surface area contributed by atoms with Crippen LogP contribution in [0.5, 0.6) is 0 Å². The second kappa shape index (κ2) is 7.94. The SMILES string of the molecule is CCCn1ccnc1CNC(CC(C)C)C(=O)OC. The lowest BCUT2D eigenvalue weighted by Gasteiger charge is -2.18. The van der Waals surface area contributed by atoms with Gasteiger partial charge in [0.1, 0.15) is 11.9 Å². The Morgan fingerprint density at radius 1 is 1.53 bits per heavy atom. The van der Waals surface area contributed by atoms with Crippen molar-refractivity contribution < 1.29 is 9.53 Å². The number of carbonyl (C=O) groups excluding carboxylic acids is 1. The molecule has 0 spiro atoms. The summed E-state index contributed by atoms with van der Waals surface area (Å²) >= 11 is 0. The number of imidazole rings is 1. The minimum Gasteiger partial charge on any atom is -0.468 e. The molecule has 1 N–H and O–H groups in total. The molecule has 1 rings (SSSR count). The first-order chi connectivity index (χ1) is 9.08. The maximum atomic E-state index is 11.7. The number of esters is 1. The molecule has 0 radical (unpaired) electrons. The molecule has 0 saturated heterocycles. The van der Waals surface area contributed by atoms with Gasteiger partial charge < -0.3 is 9.30 Å². The highest BCUT2D eigenvalue weighted by Crippen LogP contribution is 2.07. The minimum absolute atomic E-state index is 0.206. The molecule has 0 aliphatic carbocycles. The average molecular weight is 267 g/mol. The Morgan fingerprint density at radius 3 is 2.84 bits per heavy atom. The van der Waals surface area contributed by atoms with Crippen molar-refractivity contribution in [2.75, 3.05) is 7.11 Å². The summed E-state index contributed by atoms with van der Waals surface area (Å²) in [6, 6.07) is -0.267. The molecule has 5 nitrogen and oxygen atoms in total. The smallest absolute Gasteiger partial charge is 0.322 e. The predicted molar refractivity (Wildman–Crippen MR) is 74.6 cm³/mol. The van der Waals surface area contributed by atoms with Crippen LogP contribution in [0.4, 0.5) is 0 Å². The monoisotopic (exact) mass is 267 g/mol. The van der Waals surface area contributed by atoms with Gasteiger partial charge in [-0.3, -0.25) is 10.1 Å². The van der Waals surface area contributed by atoms with Crippen molar-refractivity contribution in [2.24, 2.45) is 5.92 Å². The molecule has 0 amide bonds. The molecular weight excluding hydrogens is 242 g/mol. The van der Waals surface area contributed by atoms with Gasteiger partial charge in [-0.1, -0.05) is 20.8 Å². The molecule has 0 fully saturated rings. The first-order valence-corrected chi connectivity index (χ1v) is 6.89. The van der Waals surface area contributed by atoms with E-state index in [4.69, 9.17) is 4.74 Å². The first-order valence-electron chi connectivity index (χ1n) is 6.89. The normalized spacial score (nSPS) is 12.7. The topological polar surface area (TPSA) is 56.2 Å². The van der Waals surface area contributed by atoms with Crippen LogP contribution in [0, 0.1) is 5.92 Å². The number of nitrogens with zero attached hydrogens (tertiary/aromatic N) is 2. The van der Waals surface area contributed by atoms with Crippen LogP contribution in [0.2, 0.25) is 0 Å². The van der Waals surface area contributed by atoms with Crippen molar-refractivity contribution in [1.29, 1.82) is 0 Å². The number of ether oxygens (including phenoxy) is 1. The zero-order valence-corrected chi connectivity index (χ0v) is 12.3. The van der Waals surface area contributed by atoms with Crippen molar-refractivity contribution in [3.63, 3.8) is 0 Å². The molecule has 1 aromatic rings. The molecule has 108 valence electrons. The number of hydrogen-bond donors (Lipinski definition) is 1. The number of hydrogen-bond acceptors (Lipinski definition) is 4. The summed E-state index contributed by atoms with van der Waals surface area (Å²) < 4.78 is 6.94. The average Bonchev–Trinajstić information content (AvgIpc) is 2.81. The van der Waals surface area contributed by atoms with Crippen LogP contribution in [-0.4, -0.2) is 28.7 Å². The lowest BCUT2D eigenvalue weighted by atomic mass is 10.0. The minimum atomic E-state index is -0.267. The molecule has 0 aliphatic rings. The van der Waals surface area contributed by atoms with Gasteiger partial charge in [0.25, 0.3) is 0 Å². The van der Waals surface area contributed by atoms with E-state index in [1.54, 1.807) is 6.20 Å². The van der Waals surface area contributed by atoms with Crippen LogP contribution in [-0.2, 0) is 22.6 Å². The van der Waals surface area contributed by atoms with Crippen LogP contribution in [0.1, 0.15) is 39.4 Å². The molecule has 19 heavy (non-hydrogen) atoms. The van der Waals surface area contributed by atoms with E-state index in [0.717, 1.165) is 25.2 Å². The molecule has 1 aromatic heterocycles. The van der Waals surface area contributed by atoms with Crippen molar-refractivity contribution in [3.05, 3.63) is 18.2 Å². The number of carbonyl (C=O) groups is 1. The number of nitrogens with one attached hydrogen (secondary N) is 1. The van der Waals surface area contributed by atoms with Crippen LogP contribution in [0.25, 0.3) is 0 Å². The Labute approximate surface area is 115 Å². The van der Waals surface area contributed by atoms with Gasteiger partial charge in [0.2, 0.25) is 0 Å². The molecule has 1 heterocycles. The summed E-state index contributed by atoms with van der Waals surface area (Å²) in [5, 5.41) is 3.25. The summed E-state index contributed by atoms with van der Waals surface area (Å²) in [6.07, 6.45) is 5.59. The van der Waals surface area contributed by atoms with E-state index in [2.05, 4.69) is 35.6 Å². The third kappa shape index (κ3) is 5.03. The molecule has 5 heteroatoms. The predicted octanol–water partition coefficient (Wildman–Crippen LogP) is 1.97. The fourth-order valence-corrected chi connectivity index (χ4v) is 2.04. The fourth-order valence-electron chi connectivity index (χ4n) is 2.04. The van der Waals surface area contributed by atoms with Crippen molar-refractivity contribution in [1.82, 2.24) is 14.9 Å². The molecule has 0 bridgehead atoms. The third-order valence-electron chi connectivity index (χ3n) is 2.97. The van der Waals surface area contributed by atoms with Crippen LogP contribution >= 0.6 is 0 Å². The molecule has 1 atom stereocenters. The van der Waals surface area contributed by atoms with Gasteiger partial charge in [0.05, 0.1) is 13.7 Å². The summed E-state index contributed by atoms with van der Waals surface area (Å²) in [5.74, 6) is 1.19. The van der Waals surface area contributed by atoms with E-state index in [0.29, 0.717) is 12.5 Å². The number of aryl methyl sites for hydroxylation is 1. The number of aromatic nitrogens is 2. The Bertz CT molecular complexity index is 388. The summed E-state index contributed by atoms with van der Waals surface area (Å²) in [6.45, 7) is 7.85. The Hall–Kier alpha value is -1.36. The van der Waals surface area contributed by atoms with E-state index < -0.39 is 0 Å². The van der Waals surface area contributed by atoms with Gasteiger partial charge in [-0.05, 0) is 18.8 Å². The molecule has 0 aliphatic heterocycles. The second-order valence-electron chi connectivity index (χ2n) is 5.12. The summed E-state index contributed by atoms with van der Waals surface area (Å²) in [7, 11) is 1.43. The van der Waals surface area contributed by atoms with Gasteiger partial charge in [-0.15, -0.1) is 0 Å². The quantitative estimate of drug-likeness (QED) is 0.732. The van der Waals surface area contributed by atoms with Gasteiger partial charge in [-0.2, -0.15) is 0 Å². The van der Waals surface area contributed by atoms with Crippen molar-refractivity contribution in [3.8, 4) is 0 Å². The van der Waals surface area contributed by atoms with Gasteiger partial charge in [0.15, 0.2) is 0 Å². The number of methoxy groups -OCH3 is 1. The molecule has 0 saturated carbocycles. The second-order valence-corrected chi connectivity index (χ2v) is 5.12. The van der Waals surface area contributed by atoms with Crippen molar-refractivity contribution in [2.45, 2.75) is 52.7 Å². The van der Waals surface area contributed by atoms with E-state index in [-0.39, 0.29) is 12.0 Å². The van der Waals surface area contributed by atoms with E-state index in [9.17, 15) is 4.79 Å². The highest BCUT2D eigenvalue weighted by molar-refractivity contribution is 5.75. The Kier molecular flexibility index (Phi) is 6.56. The lowest BCUT2D eigenvalue weighted by Crippen LogP contribution is -2.38. The summed E-state index contributed by atoms with van der Waals surface area (Å²) in [4.78, 5) is 16.0. The maximum Gasteiger partial charge on any atom is 0.322 e. The van der Waals surface area contributed by atoms with E-state index in [1.807, 2.05) is 6.20 Å². The van der Waals surface area contributed by atoms with Crippen LogP contribution in [0.3, 0.4) is 0 Å². The van der Waals surface area contributed by atoms with Gasteiger partial charge in [-0.25, -0.2) is 4.98 Å². The highest BCUT2D eigenvalue weighted by Gasteiger charge is 2.20.